The number of nitrogens with zero attached hydrogens (tertiary/aromatic N) is 3. The molecule has 2 heterocycles. The summed E-state index contributed by atoms with van der Waals surface area (Å²) in [7, 11) is 0. The van der Waals surface area contributed by atoms with Crippen LogP contribution in [-0.4, -0.2) is 14.6 Å². The maximum absolute atomic E-state index is 11.5. The van der Waals surface area contributed by atoms with Gasteiger partial charge in [-0.3, -0.25) is 4.79 Å². The van der Waals surface area contributed by atoms with Crippen LogP contribution in [0.3, 0.4) is 0 Å². The van der Waals surface area contributed by atoms with Gasteiger partial charge in [-0.1, -0.05) is 24.3 Å². The first-order valence-electron chi connectivity index (χ1n) is 6.54. The first kappa shape index (κ1) is 12.5. The molecule has 0 radical (unpaired) electrons. The van der Waals surface area contributed by atoms with Crippen molar-refractivity contribution in [2.45, 2.75) is 20.3 Å². The summed E-state index contributed by atoms with van der Waals surface area (Å²) in [6, 6.07) is 12.2. The Balaban J connectivity index is 2.04. The average molecular weight is 265 g/mol. The van der Waals surface area contributed by atoms with Gasteiger partial charge in [-0.05, 0) is 37.1 Å². The van der Waals surface area contributed by atoms with Crippen molar-refractivity contribution < 1.29 is 0 Å². The molecule has 1 aromatic carbocycles. The molecular formula is C16H15N3O. The topological polar surface area (TPSA) is 47.3 Å². The van der Waals surface area contributed by atoms with Gasteiger partial charge in [-0.2, -0.15) is 10.1 Å². The van der Waals surface area contributed by atoms with Crippen LogP contribution < -0.4 is 5.56 Å². The Morgan fingerprint density at radius 1 is 1.10 bits per heavy atom. The van der Waals surface area contributed by atoms with Crippen molar-refractivity contribution in [3.05, 3.63) is 75.5 Å². The Morgan fingerprint density at radius 3 is 2.70 bits per heavy atom. The Bertz CT molecular complexity index is 836. The lowest BCUT2D eigenvalue weighted by atomic mass is 10.0. The summed E-state index contributed by atoms with van der Waals surface area (Å²) in [6.45, 7) is 3.87. The molecule has 100 valence electrons. The number of aryl methyl sites for hydroxylation is 2. The van der Waals surface area contributed by atoms with Crippen LogP contribution >= 0.6 is 0 Å². The van der Waals surface area contributed by atoms with Crippen LogP contribution in [0, 0.1) is 13.8 Å². The van der Waals surface area contributed by atoms with Gasteiger partial charge >= 0.3 is 0 Å². The van der Waals surface area contributed by atoms with E-state index in [9.17, 15) is 4.79 Å². The van der Waals surface area contributed by atoms with E-state index < -0.39 is 0 Å². The molecule has 20 heavy (non-hydrogen) atoms. The second-order valence-electron chi connectivity index (χ2n) is 4.93. The third kappa shape index (κ3) is 2.20. The third-order valence-corrected chi connectivity index (χ3v) is 3.54. The molecule has 0 saturated heterocycles. The van der Waals surface area contributed by atoms with Crippen LogP contribution in [-0.2, 0) is 6.42 Å². The lowest BCUT2D eigenvalue weighted by Crippen LogP contribution is -2.14. The average Bonchev–Trinajstić information content (AvgIpc) is 2.46. The molecule has 0 fully saturated rings. The lowest BCUT2D eigenvalue weighted by molar-refractivity contribution is 0.830. The van der Waals surface area contributed by atoms with Gasteiger partial charge in [-0.25, -0.2) is 4.52 Å². The Kier molecular flexibility index (Phi) is 3.06. The number of rotatable bonds is 2. The minimum absolute atomic E-state index is 0.196. The van der Waals surface area contributed by atoms with Gasteiger partial charge in [0, 0.05) is 12.0 Å². The van der Waals surface area contributed by atoms with Gasteiger partial charge in [0.1, 0.15) is 6.33 Å². The molecule has 0 aliphatic heterocycles. The highest BCUT2D eigenvalue weighted by molar-refractivity contribution is 5.51. The number of benzene rings is 1. The first-order chi connectivity index (χ1) is 9.65. The molecule has 2 aromatic heterocycles. The quantitative estimate of drug-likeness (QED) is 0.714. The van der Waals surface area contributed by atoms with Crippen molar-refractivity contribution in [2.24, 2.45) is 0 Å². The van der Waals surface area contributed by atoms with E-state index in [-0.39, 0.29) is 5.56 Å². The van der Waals surface area contributed by atoms with Gasteiger partial charge < -0.3 is 0 Å². The van der Waals surface area contributed by atoms with Gasteiger partial charge in [0.25, 0.3) is 5.56 Å². The molecule has 3 rings (SSSR count). The molecule has 0 atom stereocenters. The van der Waals surface area contributed by atoms with Gasteiger partial charge in [0.2, 0.25) is 0 Å². The maximum Gasteiger partial charge on any atom is 0.276 e. The third-order valence-electron chi connectivity index (χ3n) is 3.54. The lowest BCUT2D eigenvalue weighted by Gasteiger charge is -2.07. The van der Waals surface area contributed by atoms with Crippen molar-refractivity contribution in [1.29, 1.82) is 0 Å². The number of fused-ring (bicyclic) bond motifs is 1. The molecule has 0 aliphatic carbocycles. The molecule has 0 saturated carbocycles. The first-order valence-corrected chi connectivity index (χ1v) is 6.54. The van der Waals surface area contributed by atoms with Gasteiger partial charge in [0.05, 0.1) is 11.2 Å². The summed E-state index contributed by atoms with van der Waals surface area (Å²) in [5, 5.41) is 4.53. The van der Waals surface area contributed by atoms with E-state index in [4.69, 9.17) is 0 Å². The molecule has 0 unspecified atom stereocenters. The normalized spacial score (nSPS) is 10.9. The number of hydrogen-bond donors (Lipinski definition) is 0. The van der Waals surface area contributed by atoms with Crippen LogP contribution in [0.1, 0.15) is 22.4 Å². The van der Waals surface area contributed by atoms with E-state index in [1.54, 1.807) is 11.4 Å². The zero-order chi connectivity index (χ0) is 14.1. The molecule has 0 spiro atoms. The molecule has 0 bridgehead atoms. The molecule has 0 aliphatic rings. The van der Waals surface area contributed by atoms with E-state index in [0.717, 1.165) is 17.6 Å². The van der Waals surface area contributed by atoms with Crippen molar-refractivity contribution in [3.63, 3.8) is 0 Å². The van der Waals surface area contributed by atoms with E-state index in [1.807, 2.05) is 24.3 Å². The number of aromatic nitrogens is 3. The standard InChI is InChI=1S/C16H15N3O/c1-11-5-3-4-6-13(11)9-14-7-8-15-12(2)16(20)17-10-19(15)18-14/h3-8,10H,9H2,1-2H3. The fourth-order valence-electron chi connectivity index (χ4n) is 2.27. The zero-order valence-corrected chi connectivity index (χ0v) is 11.5. The summed E-state index contributed by atoms with van der Waals surface area (Å²) >= 11 is 0. The summed E-state index contributed by atoms with van der Waals surface area (Å²) in [6.07, 6.45) is 2.25. The SMILES string of the molecule is Cc1ccccc1Cc1ccc2c(C)c(=O)ncn2n1. The van der Waals surface area contributed by atoms with Gasteiger partial charge in [0.15, 0.2) is 0 Å². The predicted octanol–water partition coefficient (Wildman–Crippen LogP) is 2.30. The van der Waals surface area contributed by atoms with Gasteiger partial charge in [-0.15, -0.1) is 0 Å². The van der Waals surface area contributed by atoms with Crippen LogP contribution in [0.25, 0.3) is 5.52 Å². The van der Waals surface area contributed by atoms with Crippen LogP contribution in [0.4, 0.5) is 0 Å². The summed E-state index contributed by atoms with van der Waals surface area (Å²) < 4.78 is 1.67. The van der Waals surface area contributed by atoms with Crippen molar-refractivity contribution >= 4 is 5.52 Å². The molecule has 3 aromatic rings. The Labute approximate surface area is 116 Å². The Morgan fingerprint density at radius 2 is 1.90 bits per heavy atom. The monoisotopic (exact) mass is 265 g/mol. The molecule has 4 heteroatoms. The molecule has 4 nitrogen and oxygen atoms in total. The highest BCUT2D eigenvalue weighted by Crippen LogP contribution is 2.13. The van der Waals surface area contributed by atoms with E-state index in [2.05, 4.69) is 29.1 Å². The largest absolute Gasteiger partial charge is 0.276 e. The van der Waals surface area contributed by atoms with Crippen molar-refractivity contribution in [2.75, 3.05) is 0 Å². The van der Waals surface area contributed by atoms with Crippen LogP contribution in [0.2, 0.25) is 0 Å². The fourth-order valence-corrected chi connectivity index (χ4v) is 2.27. The summed E-state index contributed by atoms with van der Waals surface area (Å²) in [5.41, 5.74) is 4.70. The van der Waals surface area contributed by atoms with Crippen molar-refractivity contribution in [1.82, 2.24) is 14.6 Å². The van der Waals surface area contributed by atoms with Crippen LogP contribution in [0.15, 0.2) is 47.5 Å². The second-order valence-corrected chi connectivity index (χ2v) is 4.93. The van der Waals surface area contributed by atoms with E-state index in [1.165, 1.54) is 17.5 Å². The van der Waals surface area contributed by atoms with E-state index >= 15 is 0 Å². The minimum Gasteiger partial charge on any atom is -0.267 e. The summed E-state index contributed by atoms with van der Waals surface area (Å²) in [4.78, 5) is 15.3. The maximum atomic E-state index is 11.5. The molecular weight excluding hydrogens is 250 g/mol. The second kappa shape index (κ2) is 4.89. The van der Waals surface area contributed by atoms with E-state index in [0.29, 0.717) is 5.56 Å². The Hall–Kier alpha value is -2.49. The molecule has 0 amide bonds. The zero-order valence-electron chi connectivity index (χ0n) is 11.5. The highest BCUT2D eigenvalue weighted by Gasteiger charge is 2.05. The fraction of sp³-hybridized carbons (Fsp3) is 0.188. The smallest absolute Gasteiger partial charge is 0.267 e. The van der Waals surface area contributed by atoms with Crippen molar-refractivity contribution in [3.8, 4) is 0 Å². The number of hydrogen-bond acceptors (Lipinski definition) is 3. The van der Waals surface area contributed by atoms with Crippen LogP contribution in [0.5, 0.6) is 0 Å². The molecule has 0 N–H and O–H groups in total. The predicted molar refractivity (Wildman–Crippen MR) is 78.0 cm³/mol. The highest BCUT2D eigenvalue weighted by atomic mass is 16.1. The summed E-state index contributed by atoms with van der Waals surface area (Å²) in [5.74, 6) is 0. The minimum atomic E-state index is -0.196.